The molecule has 2 aromatic rings. The number of carboxylic acid groups (broad SMARTS) is 1. The Morgan fingerprint density at radius 3 is 2.32 bits per heavy atom. The highest BCUT2D eigenvalue weighted by Gasteiger charge is 2.46. The number of carbonyl (C=O) groups is 1. The van der Waals surface area contributed by atoms with E-state index in [1.54, 1.807) is 11.3 Å². The second kappa shape index (κ2) is 4.49. The molecule has 3 rings (SSSR count). The van der Waals surface area contributed by atoms with Crippen LogP contribution >= 0.6 is 11.3 Å². The van der Waals surface area contributed by atoms with Gasteiger partial charge in [0, 0.05) is 9.75 Å². The van der Waals surface area contributed by atoms with Gasteiger partial charge in [0.1, 0.15) is 5.41 Å². The smallest absolute Gasteiger partial charge is 0.315 e. The summed E-state index contributed by atoms with van der Waals surface area (Å²) in [4.78, 5) is 14.1. The average molecular weight is 272 g/mol. The molecule has 1 aromatic carbocycles. The Balaban J connectivity index is 2.06. The second-order valence-electron chi connectivity index (χ2n) is 5.13. The lowest BCUT2D eigenvalue weighted by atomic mass is 9.83. The van der Waals surface area contributed by atoms with E-state index in [1.165, 1.54) is 16.0 Å². The minimum absolute atomic E-state index is 0.613. The van der Waals surface area contributed by atoms with Gasteiger partial charge in [-0.05, 0) is 42.5 Å². The molecule has 0 bridgehead atoms. The summed E-state index contributed by atoms with van der Waals surface area (Å²) in [5, 5.41) is 9.78. The van der Waals surface area contributed by atoms with Crippen molar-refractivity contribution in [1.82, 2.24) is 0 Å². The Kier molecular flexibility index (Phi) is 2.94. The fourth-order valence-corrected chi connectivity index (χ4v) is 4.00. The van der Waals surface area contributed by atoms with Crippen molar-refractivity contribution in [1.29, 1.82) is 0 Å². The first-order valence-electron chi connectivity index (χ1n) is 6.55. The van der Waals surface area contributed by atoms with E-state index in [1.807, 2.05) is 30.3 Å². The van der Waals surface area contributed by atoms with Gasteiger partial charge in [0.2, 0.25) is 0 Å². The summed E-state index contributed by atoms with van der Waals surface area (Å²) in [6.45, 7) is 2.10. The van der Waals surface area contributed by atoms with E-state index in [2.05, 4.69) is 13.0 Å². The zero-order chi connectivity index (χ0) is 13.5. The van der Waals surface area contributed by atoms with Crippen molar-refractivity contribution in [2.24, 2.45) is 0 Å². The van der Waals surface area contributed by atoms with Crippen molar-refractivity contribution in [2.75, 3.05) is 0 Å². The van der Waals surface area contributed by atoms with Gasteiger partial charge in [-0.2, -0.15) is 0 Å². The third-order valence-corrected chi connectivity index (χ3v) is 5.43. The van der Waals surface area contributed by atoms with Gasteiger partial charge in [-0.3, -0.25) is 4.79 Å². The van der Waals surface area contributed by atoms with Crippen molar-refractivity contribution in [2.45, 2.75) is 31.6 Å². The number of fused-ring (bicyclic) bond motifs is 1. The molecular weight excluding hydrogens is 256 g/mol. The minimum atomic E-state index is -0.748. The first kappa shape index (κ1) is 12.4. The average Bonchev–Trinajstić information content (AvgIpc) is 3.03. The Bertz CT molecular complexity index is 602. The van der Waals surface area contributed by atoms with Crippen molar-refractivity contribution < 1.29 is 9.90 Å². The number of aliphatic carboxylic acids is 1. The van der Waals surface area contributed by atoms with Crippen LogP contribution in [0.5, 0.6) is 0 Å². The number of aryl methyl sites for hydroxylation is 1. The molecule has 3 heteroatoms. The number of thiophene rings is 1. The van der Waals surface area contributed by atoms with Crippen LogP contribution < -0.4 is 0 Å². The van der Waals surface area contributed by atoms with Gasteiger partial charge >= 0.3 is 5.97 Å². The monoisotopic (exact) mass is 272 g/mol. The van der Waals surface area contributed by atoms with Crippen molar-refractivity contribution in [3.05, 3.63) is 57.3 Å². The normalized spacial score (nSPS) is 16.3. The lowest BCUT2D eigenvalue weighted by molar-refractivity contribution is -0.143. The van der Waals surface area contributed by atoms with Gasteiger partial charge in [0.05, 0.1) is 0 Å². The summed E-state index contributed by atoms with van der Waals surface area (Å²) in [6.07, 6.45) is 2.19. The highest BCUT2D eigenvalue weighted by atomic mass is 32.1. The fraction of sp³-hybridized carbons (Fsp3) is 0.312. The molecule has 0 saturated carbocycles. The first-order valence-corrected chi connectivity index (χ1v) is 7.37. The van der Waals surface area contributed by atoms with Crippen LogP contribution in [0.1, 0.15) is 27.8 Å². The number of hydrogen-bond donors (Lipinski definition) is 1. The van der Waals surface area contributed by atoms with Gasteiger partial charge < -0.3 is 5.11 Å². The topological polar surface area (TPSA) is 37.3 Å². The molecule has 0 amide bonds. The Morgan fingerprint density at radius 2 is 1.84 bits per heavy atom. The quantitative estimate of drug-likeness (QED) is 0.929. The molecule has 1 N–H and O–H groups in total. The molecule has 0 radical (unpaired) electrons. The zero-order valence-corrected chi connectivity index (χ0v) is 11.7. The van der Waals surface area contributed by atoms with Crippen LogP contribution in [0.25, 0.3) is 0 Å². The molecule has 1 aliphatic rings. The largest absolute Gasteiger partial charge is 0.481 e. The maximum atomic E-state index is 11.9. The van der Waals surface area contributed by atoms with E-state index in [9.17, 15) is 9.90 Å². The van der Waals surface area contributed by atoms with Crippen LogP contribution in [0, 0.1) is 0 Å². The zero-order valence-electron chi connectivity index (χ0n) is 10.8. The van der Waals surface area contributed by atoms with Gasteiger partial charge in [-0.25, -0.2) is 0 Å². The van der Waals surface area contributed by atoms with Crippen molar-refractivity contribution in [3.8, 4) is 0 Å². The van der Waals surface area contributed by atoms with Crippen LogP contribution in [0.3, 0.4) is 0 Å². The molecule has 1 heterocycles. The summed E-state index contributed by atoms with van der Waals surface area (Å²) in [6, 6.07) is 12.1. The second-order valence-corrected chi connectivity index (χ2v) is 6.30. The lowest BCUT2D eigenvalue weighted by Crippen LogP contribution is -2.35. The summed E-state index contributed by atoms with van der Waals surface area (Å²) in [5.74, 6) is -0.701. The first-order chi connectivity index (χ1) is 9.15. The van der Waals surface area contributed by atoms with E-state index in [-0.39, 0.29) is 0 Å². The summed E-state index contributed by atoms with van der Waals surface area (Å²) in [7, 11) is 0. The molecule has 0 saturated heterocycles. The molecule has 1 aliphatic carbocycles. The molecule has 98 valence electrons. The third-order valence-electron chi connectivity index (χ3n) is 3.99. The Hall–Kier alpha value is -1.61. The van der Waals surface area contributed by atoms with Gasteiger partial charge in [-0.1, -0.05) is 31.2 Å². The maximum Gasteiger partial charge on any atom is 0.315 e. The van der Waals surface area contributed by atoms with Gasteiger partial charge in [-0.15, -0.1) is 11.3 Å². The van der Waals surface area contributed by atoms with Crippen LogP contribution in [-0.4, -0.2) is 11.1 Å². The number of benzene rings is 1. The van der Waals surface area contributed by atoms with E-state index >= 15 is 0 Å². The van der Waals surface area contributed by atoms with E-state index in [4.69, 9.17) is 0 Å². The third kappa shape index (κ3) is 1.89. The minimum Gasteiger partial charge on any atom is -0.481 e. The molecule has 0 unspecified atom stereocenters. The predicted octanol–water partition coefficient (Wildman–Crippen LogP) is 3.43. The standard InChI is InChI=1S/C16H16O2S/c1-2-13-7-8-14(19-13)16(15(17)18)9-11-5-3-4-6-12(11)10-16/h3-8H,2,9-10H2,1H3,(H,17,18). The SMILES string of the molecule is CCc1ccc(C2(C(=O)O)Cc3ccccc3C2)s1. The molecule has 0 spiro atoms. The van der Waals surface area contributed by atoms with Crippen molar-refractivity contribution >= 4 is 17.3 Å². The predicted molar refractivity (Wildman–Crippen MR) is 76.9 cm³/mol. The van der Waals surface area contributed by atoms with Crippen LogP contribution in [0.15, 0.2) is 36.4 Å². The number of hydrogen-bond acceptors (Lipinski definition) is 2. The maximum absolute atomic E-state index is 11.9. The number of rotatable bonds is 3. The van der Waals surface area contributed by atoms with Gasteiger partial charge in [0.15, 0.2) is 0 Å². The molecule has 0 aliphatic heterocycles. The molecule has 2 nitrogen and oxygen atoms in total. The fourth-order valence-electron chi connectivity index (χ4n) is 2.87. The Morgan fingerprint density at radius 1 is 1.21 bits per heavy atom. The summed E-state index contributed by atoms with van der Waals surface area (Å²) >= 11 is 1.65. The van der Waals surface area contributed by atoms with E-state index < -0.39 is 11.4 Å². The molecule has 19 heavy (non-hydrogen) atoms. The van der Waals surface area contributed by atoms with E-state index in [0.29, 0.717) is 12.8 Å². The van der Waals surface area contributed by atoms with Crippen molar-refractivity contribution in [3.63, 3.8) is 0 Å². The van der Waals surface area contributed by atoms with Crippen LogP contribution in [-0.2, 0) is 29.5 Å². The molecular formula is C16H16O2S. The summed E-state index contributed by atoms with van der Waals surface area (Å²) in [5.41, 5.74) is 1.61. The lowest BCUT2D eigenvalue weighted by Gasteiger charge is -2.22. The van der Waals surface area contributed by atoms with Crippen LogP contribution in [0.2, 0.25) is 0 Å². The van der Waals surface area contributed by atoms with E-state index in [0.717, 1.165) is 11.3 Å². The molecule has 0 fully saturated rings. The Labute approximate surface area is 116 Å². The highest BCUT2D eigenvalue weighted by Crippen LogP contribution is 2.42. The molecule has 1 aromatic heterocycles. The summed E-state index contributed by atoms with van der Waals surface area (Å²) < 4.78 is 0. The molecule has 0 atom stereocenters. The van der Waals surface area contributed by atoms with Gasteiger partial charge in [0.25, 0.3) is 0 Å². The van der Waals surface area contributed by atoms with Crippen LogP contribution in [0.4, 0.5) is 0 Å². The number of carboxylic acids is 1. The highest BCUT2D eigenvalue weighted by molar-refractivity contribution is 7.12.